The number of hydrogen-bond acceptors (Lipinski definition) is 1. The Balaban J connectivity index is 2.56. The third-order valence-corrected chi connectivity index (χ3v) is 3.00. The number of carbonyl (C=O) groups is 1. The lowest BCUT2D eigenvalue weighted by Crippen LogP contribution is -1.98. The standard InChI is InChI=1S/C14H11ClO2/c1-9-5-7-10(8-6-9)11-3-2-4-12(13(11)15)14(16)17/h2-8H,1H3,(H,16,17). The SMILES string of the molecule is Cc1ccc(-c2cccc(C(=O)O)c2Cl)cc1. The highest BCUT2D eigenvalue weighted by Gasteiger charge is 2.12. The molecule has 1 N–H and O–H groups in total. The van der Waals surface area contributed by atoms with Crippen LogP contribution < -0.4 is 0 Å². The predicted octanol–water partition coefficient (Wildman–Crippen LogP) is 4.01. The van der Waals surface area contributed by atoms with Crippen LogP contribution in [0.2, 0.25) is 5.02 Å². The number of aromatic carboxylic acids is 1. The van der Waals surface area contributed by atoms with Crippen LogP contribution >= 0.6 is 11.6 Å². The smallest absolute Gasteiger partial charge is 0.337 e. The number of hydrogen-bond donors (Lipinski definition) is 1. The first-order chi connectivity index (χ1) is 8.09. The zero-order valence-electron chi connectivity index (χ0n) is 9.27. The van der Waals surface area contributed by atoms with Gasteiger partial charge in [-0.2, -0.15) is 0 Å². The summed E-state index contributed by atoms with van der Waals surface area (Å²) in [4.78, 5) is 11.0. The fourth-order valence-electron chi connectivity index (χ4n) is 1.65. The maximum Gasteiger partial charge on any atom is 0.337 e. The summed E-state index contributed by atoms with van der Waals surface area (Å²) in [6.07, 6.45) is 0. The Kier molecular flexibility index (Phi) is 3.16. The van der Waals surface area contributed by atoms with E-state index >= 15 is 0 Å². The molecule has 2 nitrogen and oxygen atoms in total. The van der Waals surface area contributed by atoms with Crippen molar-refractivity contribution >= 4 is 17.6 Å². The van der Waals surface area contributed by atoms with Crippen molar-refractivity contribution in [1.29, 1.82) is 0 Å². The van der Waals surface area contributed by atoms with Crippen LogP contribution in [0.1, 0.15) is 15.9 Å². The summed E-state index contributed by atoms with van der Waals surface area (Å²) in [5.74, 6) is -1.01. The van der Waals surface area contributed by atoms with Crippen LogP contribution in [0.15, 0.2) is 42.5 Å². The van der Waals surface area contributed by atoms with Gasteiger partial charge in [0.05, 0.1) is 10.6 Å². The van der Waals surface area contributed by atoms with E-state index in [4.69, 9.17) is 16.7 Å². The molecule has 0 amide bonds. The number of halogens is 1. The van der Waals surface area contributed by atoms with Crippen LogP contribution in [0.5, 0.6) is 0 Å². The highest BCUT2D eigenvalue weighted by atomic mass is 35.5. The number of rotatable bonds is 2. The van der Waals surface area contributed by atoms with E-state index in [0.29, 0.717) is 0 Å². The molecule has 2 rings (SSSR count). The summed E-state index contributed by atoms with van der Waals surface area (Å²) in [6.45, 7) is 2.00. The molecule has 0 saturated carbocycles. The molecule has 0 saturated heterocycles. The minimum absolute atomic E-state index is 0.129. The predicted molar refractivity (Wildman–Crippen MR) is 68.6 cm³/mol. The van der Waals surface area contributed by atoms with Crippen molar-refractivity contribution in [3.8, 4) is 11.1 Å². The van der Waals surface area contributed by atoms with Gasteiger partial charge in [-0.3, -0.25) is 0 Å². The fraction of sp³-hybridized carbons (Fsp3) is 0.0714. The van der Waals surface area contributed by atoms with Gasteiger partial charge < -0.3 is 5.11 Å². The van der Waals surface area contributed by atoms with Gasteiger partial charge in [-0.15, -0.1) is 0 Å². The van der Waals surface area contributed by atoms with E-state index in [1.165, 1.54) is 6.07 Å². The van der Waals surface area contributed by atoms with Gasteiger partial charge in [-0.1, -0.05) is 53.6 Å². The van der Waals surface area contributed by atoms with Crippen LogP contribution in [0, 0.1) is 6.92 Å². The topological polar surface area (TPSA) is 37.3 Å². The molecule has 2 aromatic rings. The van der Waals surface area contributed by atoms with Crippen LogP contribution in [-0.2, 0) is 0 Å². The van der Waals surface area contributed by atoms with Crippen molar-refractivity contribution < 1.29 is 9.90 Å². The van der Waals surface area contributed by atoms with E-state index in [1.807, 2.05) is 37.3 Å². The summed E-state index contributed by atoms with van der Waals surface area (Å²) < 4.78 is 0. The normalized spacial score (nSPS) is 10.2. The molecule has 0 atom stereocenters. The molecule has 0 aromatic heterocycles. The third kappa shape index (κ3) is 2.32. The Labute approximate surface area is 104 Å². The largest absolute Gasteiger partial charge is 0.478 e. The molecule has 0 bridgehead atoms. The molecular formula is C14H11ClO2. The van der Waals surface area contributed by atoms with E-state index in [2.05, 4.69) is 0 Å². The lowest BCUT2D eigenvalue weighted by atomic mass is 10.0. The molecular weight excluding hydrogens is 236 g/mol. The highest BCUT2D eigenvalue weighted by molar-refractivity contribution is 6.36. The van der Waals surface area contributed by atoms with Crippen LogP contribution in [-0.4, -0.2) is 11.1 Å². The average molecular weight is 247 g/mol. The zero-order chi connectivity index (χ0) is 12.4. The minimum Gasteiger partial charge on any atom is -0.478 e. The maximum atomic E-state index is 11.0. The second kappa shape index (κ2) is 4.60. The minimum atomic E-state index is -1.01. The molecule has 0 aliphatic heterocycles. The monoisotopic (exact) mass is 246 g/mol. The molecule has 0 aliphatic rings. The van der Waals surface area contributed by atoms with Gasteiger partial charge in [0, 0.05) is 5.56 Å². The van der Waals surface area contributed by atoms with Crippen molar-refractivity contribution in [3.63, 3.8) is 0 Å². The van der Waals surface area contributed by atoms with Crippen molar-refractivity contribution in [1.82, 2.24) is 0 Å². The van der Waals surface area contributed by atoms with Gasteiger partial charge in [-0.25, -0.2) is 4.79 Å². The Bertz CT molecular complexity index is 559. The second-order valence-corrected chi connectivity index (χ2v) is 4.22. The molecule has 0 aliphatic carbocycles. The number of carboxylic acids is 1. The first-order valence-corrected chi connectivity index (χ1v) is 5.56. The van der Waals surface area contributed by atoms with E-state index < -0.39 is 5.97 Å². The Hall–Kier alpha value is -1.80. The Morgan fingerprint density at radius 3 is 2.35 bits per heavy atom. The van der Waals surface area contributed by atoms with Crippen LogP contribution in [0.4, 0.5) is 0 Å². The quantitative estimate of drug-likeness (QED) is 0.869. The van der Waals surface area contributed by atoms with Crippen molar-refractivity contribution in [3.05, 3.63) is 58.6 Å². The first-order valence-electron chi connectivity index (χ1n) is 5.18. The van der Waals surface area contributed by atoms with Gasteiger partial charge in [0.2, 0.25) is 0 Å². The molecule has 0 radical (unpaired) electrons. The van der Waals surface area contributed by atoms with Crippen molar-refractivity contribution in [2.45, 2.75) is 6.92 Å². The average Bonchev–Trinajstić information content (AvgIpc) is 2.30. The number of benzene rings is 2. The van der Waals surface area contributed by atoms with Gasteiger partial charge in [0.1, 0.15) is 0 Å². The van der Waals surface area contributed by atoms with Gasteiger partial charge in [-0.05, 0) is 18.6 Å². The summed E-state index contributed by atoms with van der Waals surface area (Å²) >= 11 is 6.10. The molecule has 0 heterocycles. The first kappa shape index (κ1) is 11.7. The molecule has 2 aromatic carbocycles. The molecule has 17 heavy (non-hydrogen) atoms. The van der Waals surface area contributed by atoms with Crippen molar-refractivity contribution in [2.75, 3.05) is 0 Å². The highest BCUT2D eigenvalue weighted by Crippen LogP contribution is 2.30. The van der Waals surface area contributed by atoms with Gasteiger partial charge in [0.25, 0.3) is 0 Å². The van der Waals surface area contributed by atoms with Crippen LogP contribution in [0.25, 0.3) is 11.1 Å². The number of aryl methyl sites for hydroxylation is 1. The van der Waals surface area contributed by atoms with Gasteiger partial charge >= 0.3 is 5.97 Å². The maximum absolute atomic E-state index is 11.0. The summed E-state index contributed by atoms with van der Waals surface area (Å²) in [7, 11) is 0. The van der Waals surface area contributed by atoms with E-state index in [0.717, 1.165) is 16.7 Å². The fourth-order valence-corrected chi connectivity index (χ4v) is 1.97. The number of carboxylic acid groups (broad SMARTS) is 1. The van der Waals surface area contributed by atoms with E-state index in [1.54, 1.807) is 6.07 Å². The zero-order valence-corrected chi connectivity index (χ0v) is 10.0. The third-order valence-electron chi connectivity index (χ3n) is 2.59. The van der Waals surface area contributed by atoms with E-state index in [9.17, 15) is 4.79 Å². The van der Waals surface area contributed by atoms with Gasteiger partial charge in [0.15, 0.2) is 0 Å². The lowest BCUT2D eigenvalue weighted by Gasteiger charge is -2.07. The Morgan fingerprint density at radius 2 is 1.76 bits per heavy atom. The van der Waals surface area contributed by atoms with E-state index in [-0.39, 0.29) is 10.6 Å². The summed E-state index contributed by atoms with van der Waals surface area (Å²) in [5.41, 5.74) is 2.94. The lowest BCUT2D eigenvalue weighted by molar-refractivity contribution is 0.0697. The molecule has 0 unspecified atom stereocenters. The summed E-state index contributed by atoms with van der Waals surface area (Å²) in [6, 6.07) is 12.8. The second-order valence-electron chi connectivity index (χ2n) is 3.84. The molecule has 0 spiro atoms. The Morgan fingerprint density at radius 1 is 1.12 bits per heavy atom. The molecule has 3 heteroatoms. The molecule has 86 valence electrons. The van der Waals surface area contributed by atoms with Crippen LogP contribution in [0.3, 0.4) is 0 Å². The van der Waals surface area contributed by atoms with Crippen molar-refractivity contribution in [2.24, 2.45) is 0 Å². The summed E-state index contributed by atoms with van der Waals surface area (Å²) in [5, 5.41) is 9.28. The molecule has 0 fully saturated rings.